The van der Waals surface area contributed by atoms with Crippen LogP contribution in [0.2, 0.25) is 0 Å². The van der Waals surface area contributed by atoms with Gasteiger partial charge in [-0.3, -0.25) is 0 Å². The Kier molecular flexibility index (Phi) is 4.59. The Morgan fingerprint density at radius 1 is 0.625 bits per heavy atom. The van der Waals surface area contributed by atoms with Gasteiger partial charge in [0, 0.05) is 32.7 Å². The second-order valence-corrected chi connectivity index (χ2v) is 11.8. The summed E-state index contributed by atoms with van der Waals surface area (Å²) in [4.78, 5) is 1.34. The number of fused-ring (bicyclic) bond motifs is 9. The van der Waals surface area contributed by atoms with Crippen molar-refractivity contribution in [1.82, 2.24) is 4.57 Å². The maximum absolute atomic E-state index is 2.48. The molecule has 2 heteroatoms. The molecule has 2 aliphatic rings. The summed E-state index contributed by atoms with van der Waals surface area (Å²) in [7, 11) is 0. The van der Waals surface area contributed by atoms with E-state index in [1.807, 2.05) is 11.8 Å². The highest BCUT2D eigenvalue weighted by Crippen LogP contribution is 2.52. The summed E-state index contributed by atoms with van der Waals surface area (Å²) < 4.78 is 2.48. The monoisotopic (exact) mass is 527 g/mol. The standard InChI is InChI=1S/C38H25NS/c1-2-26-27-12-4-3-9-24(27)22-40-35-20-17-25(21-32(26)35)39-33-16-6-5-13-30(33)38-34(39)19-18-29-28-14-7-10-23-11-8-15-31(36(23)28)37(29)38/h2-21H,22H2,1H3/b26-2+. The van der Waals surface area contributed by atoms with Crippen molar-refractivity contribution in [3.8, 4) is 27.9 Å². The zero-order valence-corrected chi connectivity index (χ0v) is 22.9. The normalized spacial score (nSPS) is 14.5. The summed E-state index contributed by atoms with van der Waals surface area (Å²) >= 11 is 1.94. The van der Waals surface area contributed by atoms with Crippen LogP contribution in [0.4, 0.5) is 0 Å². The number of hydrogen-bond donors (Lipinski definition) is 0. The van der Waals surface area contributed by atoms with Gasteiger partial charge in [0.1, 0.15) is 0 Å². The molecular formula is C38H25NS. The third kappa shape index (κ3) is 2.89. The molecule has 0 spiro atoms. The van der Waals surface area contributed by atoms with Gasteiger partial charge in [-0.1, -0.05) is 91.0 Å². The SMILES string of the molecule is C/C=C1\c2ccccc2CSc2ccc(-n3c4ccccc4c4c5c(ccc43)-c3cccc4cccc-5c34)cc21. The summed E-state index contributed by atoms with van der Waals surface area (Å²) in [6, 6.07) is 43.0. The maximum atomic E-state index is 2.48. The second kappa shape index (κ2) is 8.24. The number of hydrogen-bond acceptors (Lipinski definition) is 1. The van der Waals surface area contributed by atoms with Gasteiger partial charge in [0.15, 0.2) is 0 Å². The summed E-state index contributed by atoms with van der Waals surface area (Å²) in [6.07, 6.45) is 2.28. The maximum Gasteiger partial charge on any atom is 0.0547 e. The number of nitrogens with zero attached hydrogens (tertiary/aromatic N) is 1. The quantitative estimate of drug-likeness (QED) is 0.205. The minimum absolute atomic E-state index is 0.994. The molecule has 6 aromatic carbocycles. The highest BCUT2D eigenvalue weighted by Gasteiger charge is 2.27. The second-order valence-electron chi connectivity index (χ2n) is 10.8. The predicted molar refractivity (Wildman–Crippen MR) is 171 cm³/mol. The summed E-state index contributed by atoms with van der Waals surface area (Å²) in [5.74, 6) is 0.994. The van der Waals surface area contributed by atoms with E-state index in [1.165, 1.54) is 87.7 Å². The molecule has 1 aliphatic heterocycles. The van der Waals surface area contributed by atoms with E-state index in [0.29, 0.717) is 0 Å². The zero-order chi connectivity index (χ0) is 26.4. The molecule has 1 nitrogen and oxygen atoms in total. The molecule has 0 radical (unpaired) electrons. The van der Waals surface area contributed by atoms with Gasteiger partial charge in [0.2, 0.25) is 0 Å². The van der Waals surface area contributed by atoms with Crippen LogP contribution in [-0.2, 0) is 5.75 Å². The Labute approximate surface area is 237 Å². The highest BCUT2D eigenvalue weighted by atomic mass is 32.2. The molecule has 0 fully saturated rings. The fraction of sp³-hybridized carbons (Fsp3) is 0.0526. The third-order valence-corrected chi connectivity index (χ3v) is 9.92. The van der Waals surface area contributed by atoms with Gasteiger partial charge in [-0.25, -0.2) is 0 Å². The van der Waals surface area contributed by atoms with Crippen LogP contribution in [-0.4, -0.2) is 4.57 Å². The fourth-order valence-corrected chi connectivity index (χ4v) is 8.18. The number of para-hydroxylation sites is 1. The van der Waals surface area contributed by atoms with Crippen LogP contribution in [0.25, 0.3) is 66.1 Å². The van der Waals surface area contributed by atoms with Gasteiger partial charge in [-0.15, -0.1) is 11.8 Å². The van der Waals surface area contributed by atoms with Crippen LogP contribution in [0.1, 0.15) is 23.6 Å². The van der Waals surface area contributed by atoms with Crippen LogP contribution in [0, 0.1) is 0 Å². The smallest absolute Gasteiger partial charge is 0.0547 e. The lowest BCUT2D eigenvalue weighted by molar-refractivity contribution is 1.16. The largest absolute Gasteiger partial charge is 0.309 e. The van der Waals surface area contributed by atoms with Crippen molar-refractivity contribution in [3.05, 3.63) is 138 Å². The average Bonchev–Trinajstić information content (AvgIpc) is 3.45. The molecule has 2 heterocycles. The Morgan fingerprint density at radius 3 is 2.33 bits per heavy atom. The van der Waals surface area contributed by atoms with E-state index in [1.54, 1.807) is 0 Å². The first-order chi connectivity index (χ1) is 19.8. The molecule has 40 heavy (non-hydrogen) atoms. The van der Waals surface area contributed by atoms with Gasteiger partial charge >= 0.3 is 0 Å². The summed E-state index contributed by atoms with van der Waals surface area (Å²) in [5.41, 5.74) is 14.5. The topological polar surface area (TPSA) is 4.93 Å². The van der Waals surface area contributed by atoms with Gasteiger partial charge in [-0.05, 0) is 87.0 Å². The third-order valence-electron chi connectivity index (χ3n) is 8.79. The number of aromatic nitrogens is 1. The Bertz CT molecular complexity index is 2220. The first-order valence-electron chi connectivity index (χ1n) is 13.9. The van der Waals surface area contributed by atoms with Crippen molar-refractivity contribution < 1.29 is 0 Å². The summed E-state index contributed by atoms with van der Waals surface area (Å²) in [6.45, 7) is 2.17. The van der Waals surface area contributed by atoms with E-state index >= 15 is 0 Å². The van der Waals surface area contributed by atoms with Crippen LogP contribution >= 0.6 is 11.8 Å². The molecule has 0 amide bonds. The van der Waals surface area contributed by atoms with Crippen molar-refractivity contribution in [2.45, 2.75) is 17.6 Å². The lowest BCUT2D eigenvalue weighted by Gasteiger charge is -2.15. The molecule has 0 bridgehead atoms. The van der Waals surface area contributed by atoms with E-state index in [4.69, 9.17) is 0 Å². The molecule has 0 N–H and O–H groups in total. The van der Waals surface area contributed by atoms with Crippen LogP contribution in [0.5, 0.6) is 0 Å². The first-order valence-corrected chi connectivity index (χ1v) is 14.9. The Balaban J connectivity index is 1.35. The van der Waals surface area contributed by atoms with Crippen LogP contribution in [0.3, 0.4) is 0 Å². The molecule has 1 aliphatic carbocycles. The lowest BCUT2D eigenvalue weighted by Crippen LogP contribution is -1.97. The number of benzene rings is 6. The van der Waals surface area contributed by atoms with Crippen LogP contribution in [0.15, 0.2) is 126 Å². The summed E-state index contributed by atoms with van der Waals surface area (Å²) in [5, 5.41) is 5.34. The van der Waals surface area contributed by atoms with E-state index < -0.39 is 0 Å². The molecule has 0 unspecified atom stereocenters. The van der Waals surface area contributed by atoms with E-state index in [2.05, 4.69) is 133 Å². The van der Waals surface area contributed by atoms with Crippen LogP contribution < -0.4 is 0 Å². The van der Waals surface area contributed by atoms with Crippen molar-refractivity contribution in [2.75, 3.05) is 0 Å². The zero-order valence-electron chi connectivity index (χ0n) is 22.1. The molecule has 0 saturated carbocycles. The van der Waals surface area contributed by atoms with Crippen molar-refractivity contribution in [3.63, 3.8) is 0 Å². The minimum atomic E-state index is 0.994. The highest BCUT2D eigenvalue weighted by molar-refractivity contribution is 7.98. The van der Waals surface area contributed by atoms with E-state index in [0.717, 1.165) is 5.75 Å². The Morgan fingerprint density at radius 2 is 1.43 bits per heavy atom. The van der Waals surface area contributed by atoms with Gasteiger partial charge in [-0.2, -0.15) is 0 Å². The predicted octanol–water partition coefficient (Wildman–Crippen LogP) is 10.6. The minimum Gasteiger partial charge on any atom is -0.309 e. The fourth-order valence-electron chi connectivity index (χ4n) is 7.13. The van der Waals surface area contributed by atoms with Crippen molar-refractivity contribution in [2.24, 2.45) is 0 Å². The number of allylic oxidation sites excluding steroid dienone is 1. The van der Waals surface area contributed by atoms with E-state index in [9.17, 15) is 0 Å². The number of thioether (sulfide) groups is 1. The molecule has 9 rings (SSSR count). The van der Waals surface area contributed by atoms with Crippen molar-refractivity contribution in [1.29, 1.82) is 0 Å². The average molecular weight is 528 g/mol. The molecular weight excluding hydrogens is 502 g/mol. The molecule has 0 atom stereocenters. The molecule has 0 saturated heterocycles. The van der Waals surface area contributed by atoms with Gasteiger partial charge < -0.3 is 4.57 Å². The lowest BCUT2D eigenvalue weighted by atomic mass is 9.94. The molecule has 7 aromatic rings. The van der Waals surface area contributed by atoms with Gasteiger partial charge in [0.05, 0.1) is 11.0 Å². The van der Waals surface area contributed by atoms with E-state index in [-0.39, 0.29) is 0 Å². The Hall–Kier alpha value is -4.53. The number of rotatable bonds is 1. The molecule has 1 aromatic heterocycles. The van der Waals surface area contributed by atoms with Crippen molar-refractivity contribution >= 4 is 49.9 Å². The molecule has 188 valence electrons. The van der Waals surface area contributed by atoms with Gasteiger partial charge in [0.25, 0.3) is 0 Å². The first kappa shape index (κ1) is 22.3.